The first-order valence-corrected chi connectivity index (χ1v) is 2.18. The van der Waals surface area contributed by atoms with Crippen molar-refractivity contribution in [1.82, 2.24) is 0 Å². The largest absolute Gasteiger partial charge is 0.345 e. The summed E-state index contributed by atoms with van der Waals surface area (Å²) in [5.41, 5.74) is 0. The Balaban J connectivity index is 2.14. The van der Waals surface area contributed by atoms with Crippen molar-refractivity contribution in [2.45, 2.75) is 18.7 Å². The quantitative estimate of drug-likeness (QED) is 0.439. The SMILES string of the molecule is COC12OC1(C)O2. The van der Waals surface area contributed by atoms with E-state index in [9.17, 15) is 0 Å². The van der Waals surface area contributed by atoms with Crippen molar-refractivity contribution in [3.8, 4) is 0 Å². The molecule has 2 saturated heterocycles. The van der Waals surface area contributed by atoms with E-state index >= 15 is 0 Å². The maximum Gasteiger partial charge on any atom is 0.345 e. The van der Waals surface area contributed by atoms with Gasteiger partial charge in [0, 0.05) is 7.11 Å². The van der Waals surface area contributed by atoms with Gasteiger partial charge in [-0.25, -0.2) is 0 Å². The fourth-order valence-corrected chi connectivity index (χ4v) is 0.738. The standard InChI is InChI=1S/C4H6O3/c1-3-4(5-2,6-3)7-3/h1-2H3. The summed E-state index contributed by atoms with van der Waals surface area (Å²) >= 11 is 0. The Morgan fingerprint density at radius 2 is 1.86 bits per heavy atom. The first-order valence-electron chi connectivity index (χ1n) is 2.18. The highest BCUT2D eigenvalue weighted by atomic mass is 17.1. The van der Waals surface area contributed by atoms with E-state index < -0.39 is 5.97 Å². The van der Waals surface area contributed by atoms with Crippen molar-refractivity contribution < 1.29 is 14.2 Å². The zero-order valence-corrected chi connectivity index (χ0v) is 4.22. The van der Waals surface area contributed by atoms with Gasteiger partial charge in [0.1, 0.15) is 0 Å². The van der Waals surface area contributed by atoms with Crippen LogP contribution in [0, 0.1) is 0 Å². The van der Waals surface area contributed by atoms with Crippen molar-refractivity contribution in [3.05, 3.63) is 0 Å². The van der Waals surface area contributed by atoms with Crippen LogP contribution in [-0.2, 0) is 14.2 Å². The molecule has 2 heterocycles. The second-order valence-electron chi connectivity index (χ2n) is 1.91. The first kappa shape index (κ1) is 3.83. The predicted molar refractivity (Wildman–Crippen MR) is 20.3 cm³/mol. The molecule has 0 radical (unpaired) electrons. The molecule has 7 heavy (non-hydrogen) atoms. The van der Waals surface area contributed by atoms with Crippen molar-refractivity contribution in [2.24, 2.45) is 0 Å². The zero-order chi connectivity index (χ0) is 5.12. The number of rotatable bonds is 1. The molecule has 3 nitrogen and oxygen atoms in total. The second kappa shape index (κ2) is 0.632. The van der Waals surface area contributed by atoms with E-state index in [-0.39, 0.29) is 5.79 Å². The Morgan fingerprint density at radius 1 is 1.43 bits per heavy atom. The number of fused-ring (bicyclic) bond motifs is 1. The molecule has 0 aromatic heterocycles. The lowest BCUT2D eigenvalue weighted by Gasteiger charge is -1.92. The number of ether oxygens (including phenoxy) is 3. The molecule has 0 aromatic carbocycles. The Labute approximate surface area is 41.2 Å². The molecule has 0 N–H and O–H groups in total. The van der Waals surface area contributed by atoms with Crippen molar-refractivity contribution in [1.29, 1.82) is 0 Å². The lowest BCUT2D eigenvalue weighted by molar-refractivity contribution is -0.197. The van der Waals surface area contributed by atoms with Crippen LogP contribution in [0.25, 0.3) is 0 Å². The number of hydrogen-bond acceptors (Lipinski definition) is 3. The Kier molecular flexibility index (Phi) is 0.346. The summed E-state index contributed by atoms with van der Waals surface area (Å²) in [6.45, 7) is 1.84. The van der Waals surface area contributed by atoms with Gasteiger partial charge in [-0.05, 0) is 6.92 Å². The molecule has 2 rings (SSSR count). The van der Waals surface area contributed by atoms with Gasteiger partial charge in [0.2, 0.25) is 0 Å². The van der Waals surface area contributed by atoms with Crippen LogP contribution in [0.3, 0.4) is 0 Å². The van der Waals surface area contributed by atoms with Gasteiger partial charge in [0.25, 0.3) is 5.79 Å². The third-order valence-electron chi connectivity index (χ3n) is 1.40. The van der Waals surface area contributed by atoms with Gasteiger partial charge in [-0.15, -0.1) is 0 Å². The summed E-state index contributed by atoms with van der Waals surface area (Å²) in [7, 11) is 1.57. The highest BCUT2D eigenvalue weighted by Gasteiger charge is 2.91. The van der Waals surface area contributed by atoms with Crippen LogP contribution >= 0.6 is 0 Å². The Bertz CT molecular complexity index is 109. The zero-order valence-electron chi connectivity index (χ0n) is 4.22. The normalized spacial score (nSPS) is 64.3. The maximum atomic E-state index is 4.89. The molecule has 0 aromatic rings. The van der Waals surface area contributed by atoms with Crippen LogP contribution in [0.1, 0.15) is 6.92 Å². The highest BCUT2D eigenvalue weighted by Crippen LogP contribution is 2.67. The lowest BCUT2D eigenvalue weighted by Crippen LogP contribution is -1.99. The molecular weight excluding hydrogens is 96.0 g/mol. The number of methoxy groups -OCH3 is 1. The average Bonchev–Trinajstić information content (AvgIpc) is 2.24. The predicted octanol–water partition coefficient (Wildman–Crippen LogP) is 0.0632. The second-order valence-corrected chi connectivity index (χ2v) is 1.91. The molecule has 0 unspecified atom stereocenters. The minimum Gasteiger partial charge on any atom is -0.326 e. The summed E-state index contributed by atoms with van der Waals surface area (Å²) in [4.78, 5) is 0. The third-order valence-corrected chi connectivity index (χ3v) is 1.40. The summed E-state index contributed by atoms with van der Waals surface area (Å²) in [6, 6.07) is 0. The van der Waals surface area contributed by atoms with Gasteiger partial charge in [-0.1, -0.05) is 0 Å². The first-order chi connectivity index (χ1) is 3.22. The molecule has 2 aliphatic heterocycles. The van der Waals surface area contributed by atoms with E-state index in [4.69, 9.17) is 14.2 Å². The minimum absolute atomic E-state index is 0.359. The third kappa shape index (κ3) is 0.224. The van der Waals surface area contributed by atoms with Crippen molar-refractivity contribution >= 4 is 0 Å². The molecule has 0 aliphatic carbocycles. The lowest BCUT2D eigenvalue weighted by atomic mass is 10.5. The molecule has 0 amide bonds. The molecule has 0 saturated carbocycles. The number of hydrogen-bond donors (Lipinski definition) is 0. The smallest absolute Gasteiger partial charge is 0.326 e. The number of epoxide rings is 2. The van der Waals surface area contributed by atoms with Gasteiger partial charge in [0.05, 0.1) is 0 Å². The van der Waals surface area contributed by atoms with Gasteiger partial charge in [0.15, 0.2) is 0 Å². The van der Waals surface area contributed by atoms with Crippen LogP contribution in [-0.4, -0.2) is 18.9 Å². The van der Waals surface area contributed by atoms with Crippen LogP contribution in [0.15, 0.2) is 0 Å². The maximum absolute atomic E-state index is 4.89. The van der Waals surface area contributed by atoms with Crippen LogP contribution in [0.2, 0.25) is 0 Å². The van der Waals surface area contributed by atoms with Crippen LogP contribution in [0.5, 0.6) is 0 Å². The molecular formula is C4H6O3. The Morgan fingerprint density at radius 3 is 1.86 bits per heavy atom. The average molecular weight is 102 g/mol. The molecule has 0 atom stereocenters. The topological polar surface area (TPSA) is 34.3 Å². The molecule has 0 bridgehead atoms. The summed E-state index contributed by atoms with van der Waals surface area (Å²) < 4.78 is 14.6. The van der Waals surface area contributed by atoms with Gasteiger partial charge < -0.3 is 4.74 Å². The fourth-order valence-electron chi connectivity index (χ4n) is 0.738. The molecule has 3 heteroatoms. The summed E-state index contributed by atoms with van der Waals surface area (Å²) in [5.74, 6) is -0.964. The van der Waals surface area contributed by atoms with Gasteiger partial charge in [-0.2, -0.15) is 0 Å². The summed E-state index contributed by atoms with van der Waals surface area (Å²) in [6.07, 6.45) is 0. The van der Waals surface area contributed by atoms with Crippen molar-refractivity contribution in [2.75, 3.05) is 7.11 Å². The van der Waals surface area contributed by atoms with Gasteiger partial charge >= 0.3 is 5.97 Å². The molecule has 2 aliphatic rings. The van der Waals surface area contributed by atoms with Gasteiger partial charge in [-0.3, -0.25) is 9.47 Å². The van der Waals surface area contributed by atoms with E-state index in [1.54, 1.807) is 7.11 Å². The molecule has 2 fully saturated rings. The minimum atomic E-state index is -0.604. The molecule has 0 spiro atoms. The fraction of sp³-hybridized carbons (Fsp3) is 1.00. The summed E-state index contributed by atoms with van der Waals surface area (Å²) in [5, 5.41) is 0. The van der Waals surface area contributed by atoms with E-state index in [0.717, 1.165) is 0 Å². The van der Waals surface area contributed by atoms with Crippen molar-refractivity contribution in [3.63, 3.8) is 0 Å². The van der Waals surface area contributed by atoms with E-state index in [1.165, 1.54) is 0 Å². The van der Waals surface area contributed by atoms with E-state index in [2.05, 4.69) is 0 Å². The van der Waals surface area contributed by atoms with E-state index in [0.29, 0.717) is 0 Å². The highest BCUT2D eigenvalue weighted by molar-refractivity contribution is 5.07. The Hall–Kier alpha value is -0.120. The monoisotopic (exact) mass is 102 g/mol. The van der Waals surface area contributed by atoms with Crippen LogP contribution < -0.4 is 0 Å². The van der Waals surface area contributed by atoms with E-state index in [1.807, 2.05) is 6.92 Å². The van der Waals surface area contributed by atoms with Crippen LogP contribution in [0.4, 0.5) is 0 Å². The molecule has 40 valence electrons.